The Labute approximate surface area is 80.5 Å². The molecule has 13 heavy (non-hydrogen) atoms. The molecule has 0 bridgehead atoms. The molecule has 1 rings (SSSR count). The summed E-state index contributed by atoms with van der Waals surface area (Å²) in [5.74, 6) is 1.58. The zero-order valence-electron chi connectivity index (χ0n) is 7.26. The van der Waals surface area contributed by atoms with Crippen molar-refractivity contribution in [3.8, 4) is 0 Å². The molecule has 0 aliphatic carbocycles. The summed E-state index contributed by atoms with van der Waals surface area (Å²) in [4.78, 5) is 11.2. The van der Waals surface area contributed by atoms with Crippen LogP contribution in [-0.4, -0.2) is 30.4 Å². The largest absolute Gasteiger partial charge is 0.350 e. The second-order valence-electron chi connectivity index (χ2n) is 3.05. The molecule has 1 aliphatic rings. The Morgan fingerprint density at radius 3 is 2.92 bits per heavy atom. The minimum atomic E-state index is -2.44. The lowest BCUT2D eigenvalue weighted by atomic mass is 10.1. The molecular weight excluding hydrogens is 196 g/mol. The molecule has 1 atom stereocenters. The van der Waals surface area contributed by atoms with E-state index in [9.17, 15) is 13.6 Å². The summed E-state index contributed by atoms with van der Waals surface area (Å²) in [6.07, 6.45) is -0.598. The van der Waals surface area contributed by atoms with Crippen molar-refractivity contribution >= 4 is 17.7 Å². The summed E-state index contributed by atoms with van der Waals surface area (Å²) in [5.41, 5.74) is 0. The third-order valence-corrected chi connectivity index (χ3v) is 3.18. The summed E-state index contributed by atoms with van der Waals surface area (Å²) in [6, 6.07) is 0. The molecule has 1 amide bonds. The van der Waals surface area contributed by atoms with Gasteiger partial charge in [0, 0.05) is 11.7 Å². The Bertz CT molecular complexity index is 172. The number of hydrogen-bond acceptors (Lipinski definition) is 2. The Morgan fingerprint density at radius 1 is 1.62 bits per heavy atom. The fraction of sp³-hybridized carbons (Fsp3) is 0.875. The number of alkyl halides is 2. The van der Waals surface area contributed by atoms with E-state index in [1.165, 1.54) is 0 Å². The van der Waals surface area contributed by atoms with E-state index in [1.807, 2.05) is 0 Å². The van der Waals surface area contributed by atoms with Crippen molar-refractivity contribution in [1.82, 2.24) is 5.32 Å². The number of hydrogen-bond donors (Lipinski definition) is 1. The quantitative estimate of drug-likeness (QED) is 0.763. The minimum Gasteiger partial charge on any atom is -0.350 e. The van der Waals surface area contributed by atoms with Crippen molar-refractivity contribution in [2.24, 2.45) is 5.92 Å². The first-order valence-corrected chi connectivity index (χ1v) is 5.49. The molecule has 0 aromatic rings. The molecule has 76 valence electrons. The van der Waals surface area contributed by atoms with E-state index in [0.29, 0.717) is 0 Å². The van der Waals surface area contributed by atoms with E-state index in [4.69, 9.17) is 0 Å². The monoisotopic (exact) mass is 209 g/mol. The number of carbonyl (C=O) groups excluding carboxylic acids is 1. The van der Waals surface area contributed by atoms with E-state index in [-0.39, 0.29) is 11.8 Å². The van der Waals surface area contributed by atoms with Gasteiger partial charge in [-0.1, -0.05) is 0 Å². The van der Waals surface area contributed by atoms with E-state index in [0.717, 1.165) is 24.3 Å². The van der Waals surface area contributed by atoms with E-state index in [2.05, 4.69) is 5.32 Å². The van der Waals surface area contributed by atoms with Crippen molar-refractivity contribution in [2.45, 2.75) is 19.3 Å². The molecule has 1 aliphatic heterocycles. The summed E-state index contributed by atoms with van der Waals surface area (Å²) in [7, 11) is 0. The number of amides is 1. The smallest absolute Gasteiger partial charge is 0.255 e. The highest BCUT2D eigenvalue weighted by Gasteiger charge is 2.21. The molecule has 2 nitrogen and oxygen atoms in total. The third-order valence-electron chi connectivity index (χ3n) is 1.96. The topological polar surface area (TPSA) is 29.1 Å². The van der Waals surface area contributed by atoms with Gasteiger partial charge in [0.05, 0.1) is 6.54 Å². The Hall–Kier alpha value is -0.320. The maximum absolute atomic E-state index is 11.7. The molecule has 0 saturated carbocycles. The Morgan fingerprint density at radius 2 is 2.38 bits per heavy atom. The van der Waals surface area contributed by atoms with Crippen LogP contribution in [0.15, 0.2) is 0 Å². The highest BCUT2D eigenvalue weighted by molar-refractivity contribution is 7.99. The zero-order chi connectivity index (χ0) is 9.68. The SMILES string of the molecule is O=C(NCC(F)F)C1CCCSC1. The maximum Gasteiger partial charge on any atom is 0.255 e. The molecule has 1 fully saturated rings. The van der Waals surface area contributed by atoms with Crippen molar-refractivity contribution in [1.29, 1.82) is 0 Å². The van der Waals surface area contributed by atoms with E-state index in [1.54, 1.807) is 11.8 Å². The van der Waals surface area contributed by atoms with Gasteiger partial charge in [0.15, 0.2) is 0 Å². The van der Waals surface area contributed by atoms with Gasteiger partial charge in [-0.05, 0) is 18.6 Å². The van der Waals surface area contributed by atoms with Gasteiger partial charge >= 0.3 is 0 Å². The predicted octanol–water partition coefficient (Wildman–Crippen LogP) is 1.51. The molecule has 0 aromatic carbocycles. The Balaban J connectivity index is 2.21. The van der Waals surface area contributed by atoms with Crippen molar-refractivity contribution in [3.63, 3.8) is 0 Å². The summed E-state index contributed by atoms with van der Waals surface area (Å²) in [6.45, 7) is -0.514. The van der Waals surface area contributed by atoms with Crippen LogP contribution in [0, 0.1) is 5.92 Å². The first-order valence-electron chi connectivity index (χ1n) is 4.33. The standard InChI is InChI=1S/C8H13F2NOS/c9-7(10)4-11-8(12)6-2-1-3-13-5-6/h6-7H,1-5H2,(H,11,12). The second-order valence-corrected chi connectivity index (χ2v) is 4.20. The first kappa shape index (κ1) is 10.8. The molecule has 1 saturated heterocycles. The van der Waals surface area contributed by atoms with Gasteiger partial charge in [-0.25, -0.2) is 8.78 Å². The summed E-state index contributed by atoms with van der Waals surface area (Å²) in [5, 5.41) is 2.25. The van der Waals surface area contributed by atoms with Gasteiger partial charge in [0.25, 0.3) is 6.43 Å². The fourth-order valence-corrected chi connectivity index (χ4v) is 2.41. The number of nitrogens with one attached hydrogen (secondary N) is 1. The molecule has 0 radical (unpaired) electrons. The minimum absolute atomic E-state index is 0.0579. The van der Waals surface area contributed by atoms with Crippen LogP contribution >= 0.6 is 11.8 Å². The first-order chi connectivity index (χ1) is 6.20. The van der Waals surface area contributed by atoms with Crippen LogP contribution in [0.4, 0.5) is 8.78 Å². The predicted molar refractivity (Wildman–Crippen MR) is 49.1 cm³/mol. The van der Waals surface area contributed by atoms with Crippen LogP contribution in [0.2, 0.25) is 0 Å². The fourth-order valence-electron chi connectivity index (χ4n) is 1.27. The van der Waals surface area contributed by atoms with Crippen LogP contribution < -0.4 is 5.32 Å². The second kappa shape index (κ2) is 5.42. The van der Waals surface area contributed by atoms with Crippen LogP contribution in [0.5, 0.6) is 0 Å². The molecule has 0 aromatic heterocycles. The van der Waals surface area contributed by atoms with Crippen molar-refractivity contribution in [2.75, 3.05) is 18.1 Å². The average molecular weight is 209 g/mol. The number of rotatable bonds is 3. The molecule has 1 heterocycles. The lowest BCUT2D eigenvalue weighted by molar-refractivity contribution is -0.125. The lowest BCUT2D eigenvalue weighted by Crippen LogP contribution is -2.36. The van der Waals surface area contributed by atoms with Crippen molar-refractivity contribution in [3.05, 3.63) is 0 Å². The Kier molecular flexibility index (Phi) is 4.48. The molecule has 1 N–H and O–H groups in total. The van der Waals surface area contributed by atoms with Gasteiger partial charge in [-0.2, -0.15) is 11.8 Å². The van der Waals surface area contributed by atoms with Gasteiger partial charge in [0.1, 0.15) is 0 Å². The third kappa shape index (κ3) is 3.93. The number of thioether (sulfide) groups is 1. The highest BCUT2D eigenvalue weighted by Crippen LogP contribution is 2.22. The van der Waals surface area contributed by atoms with Crippen LogP contribution in [-0.2, 0) is 4.79 Å². The number of carbonyl (C=O) groups is 1. The summed E-state index contributed by atoms with van der Waals surface area (Å²) < 4.78 is 23.5. The maximum atomic E-state index is 11.7. The van der Waals surface area contributed by atoms with E-state index >= 15 is 0 Å². The summed E-state index contributed by atoms with van der Waals surface area (Å²) >= 11 is 1.72. The van der Waals surface area contributed by atoms with E-state index < -0.39 is 13.0 Å². The average Bonchev–Trinajstić information content (AvgIpc) is 2.15. The van der Waals surface area contributed by atoms with Crippen LogP contribution in [0.1, 0.15) is 12.8 Å². The van der Waals surface area contributed by atoms with Crippen LogP contribution in [0.3, 0.4) is 0 Å². The van der Waals surface area contributed by atoms with Gasteiger partial charge in [-0.15, -0.1) is 0 Å². The lowest BCUT2D eigenvalue weighted by Gasteiger charge is -2.20. The van der Waals surface area contributed by atoms with Gasteiger partial charge in [0.2, 0.25) is 5.91 Å². The van der Waals surface area contributed by atoms with Gasteiger partial charge in [-0.3, -0.25) is 4.79 Å². The molecule has 1 unspecified atom stereocenters. The van der Waals surface area contributed by atoms with Crippen LogP contribution in [0.25, 0.3) is 0 Å². The normalized spacial score (nSPS) is 23.2. The molecule has 0 spiro atoms. The molecular formula is C8H13F2NOS. The highest BCUT2D eigenvalue weighted by atomic mass is 32.2. The number of halogens is 2. The van der Waals surface area contributed by atoms with Crippen molar-refractivity contribution < 1.29 is 13.6 Å². The molecule has 5 heteroatoms. The zero-order valence-corrected chi connectivity index (χ0v) is 8.08. The van der Waals surface area contributed by atoms with Gasteiger partial charge < -0.3 is 5.32 Å².